The Balaban J connectivity index is 2.11. The number of imidazole rings is 1. The van der Waals surface area contributed by atoms with E-state index in [1.165, 1.54) is 0 Å². The summed E-state index contributed by atoms with van der Waals surface area (Å²) in [5.41, 5.74) is 0.727. The van der Waals surface area contributed by atoms with Gasteiger partial charge in [0.25, 0.3) is 5.56 Å². The van der Waals surface area contributed by atoms with Crippen molar-refractivity contribution in [1.82, 2.24) is 18.7 Å². The average Bonchev–Trinajstić information content (AvgIpc) is 3.14. The molecule has 0 aliphatic heterocycles. The number of nitrogens with zero attached hydrogens (tertiary/aromatic N) is 4. The minimum Gasteiger partial charge on any atom is -0.387 e. The summed E-state index contributed by atoms with van der Waals surface area (Å²) in [7, 11) is 0. The molecule has 0 radical (unpaired) electrons. The molecule has 0 saturated carbocycles. The van der Waals surface area contributed by atoms with E-state index in [4.69, 9.17) is 0 Å². The van der Waals surface area contributed by atoms with Gasteiger partial charge in [-0.1, -0.05) is 57.5 Å². The molecule has 0 bridgehead atoms. The van der Waals surface area contributed by atoms with Crippen molar-refractivity contribution in [3.63, 3.8) is 0 Å². The molecule has 7 heteroatoms. The number of fused-ring (bicyclic) bond motifs is 1. The van der Waals surface area contributed by atoms with Crippen LogP contribution >= 0.6 is 0 Å². The van der Waals surface area contributed by atoms with Crippen LogP contribution in [0.15, 0.2) is 46.2 Å². The first-order valence-corrected chi connectivity index (χ1v) is 10.4. The summed E-state index contributed by atoms with van der Waals surface area (Å²) in [5.74, 6) is 0.487. The zero-order valence-corrected chi connectivity index (χ0v) is 17.4. The van der Waals surface area contributed by atoms with Gasteiger partial charge in [-0.05, 0) is 24.3 Å². The molecule has 0 fully saturated rings. The predicted octanol–water partition coefficient (Wildman–Crippen LogP) is 2.94. The fourth-order valence-corrected chi connectivity index (χ4v) is 3.44. The molecule has 3 aromatic rings. The third-order valence-electron chi connectivity index (χ3n) is 5.21. The molecular weight excluding hydrogens is 368 g/mol. The van der Waals surface area contributed by atoms with Crippen LogP contribution in [-0.2, 0) is 19.6 Å². The lowest BCUT2D eigenvalue weighted by atomic mass is 10.1. The Hall–Kier alpha value is -2.67. The maximum Gasteiger partial charge on any atom is 0.332 e. The molecule has 1 atom stereocenters. The summed E-state index contributed by atoms with van der Waals surface area (Å²) >= 11 is 0. The summed E-state index contributed by atoms with van der Waals surface area (Å²) in [6.45, 7) is 7.39. The summed E-state index contributed by atoms with van der Waals surface area (Å²) in [6, 6.07) is 9.09. The molecule has 3 rings (SSSR count). The van der Waals surface area contributed by atoms with E-state index in [2.05, 4.69) is 25.8 Å². The Morgan fingerprint density at radius 3 is 2.45 bits per heavy atom. The van der Waals surface area contributed by atoms with Crippen molar-refractivity contribution >= 4 is 11.2 Å². The maximum absolute atomic E-state index is 13.2. The summed E-state index contributed by atoms with van der Waals surface area (Å²) in [4.78, 5) is 30.8. The number of hydrogen-bond donors (Lipinski definition) is 1. The molecule has 0 aliphatic carbocycles. The van der Waals surface area contributed by atoms with Crippen LogP contribution in [0.4, 0.5) is 0 Å². The largest absolute Gasteiger partial charge is 0.387 e. The zero-order valence-electron chi connectivity index (χ0n) is 17.4. The first-order valence-electron chi connectivity index (χ1n) is 10.4. The molecule has 2 heterocycles. The second-order valence-electron chi connectivity index (χ2n) is 7.92. The number of hydrogen-bond acceptors (Lipinski definition) is 4. The van der Waals surface area contributed by atoms with Crippen molar-refractivity contribution in [2.75, 3.05) is 0 Å². The number of aliphatic hydroxyl groups excluding tert-OH is 1. The summed E-state index contributed by atoms with van der Waals surface area (Å²) in [5, 5.41) is 10.6. The van der Waals surface area contributed by atoms with E-state index in [0.29, 0.717) is 35.7 Å². The number of benzene rings is 1. The third-order valence-corrected chi connectivity index (χ3v) is 5.21. The number of aliphatic hydroxyl groups is 1. The van der Waals surface area contributed by atoms with Crippen molar-refractivity contribution in [3.05, 3.63) is 63.1 Å². The number of aromatic nitrogens is 4. The van der Waals surface area contributed by atoms with Gasteiger partial charge in [0.2, 0.25) is 0 Å². The van der Waals surface area contributed by atoms with E-state index < -0.39 is 17.4 Å². The van der Waals surface area contributed by atoms with Gasteiger partial charge in [0.05, 0.1) is 19.0 Å². The van der Waals surface area contributed by atoms with E-state index in [0.717, 1.165) is 23.8 Å². The quantitative estimate of drug-likeness (QED) is 0.601. The molecule has 1 N–H and O–H groups in total. The SMILES string of the molecule is CCCCn1c(=O)n(C[C@@H](O)c2ccccc2)c(=O)c2c1ncn2CCC(C)C. The van der Waals surface area contributed by atoms with Crippen LogP contribution < -0.4 is 11.2 Å². The smallest absolute Gasteiger partial charge is 0.332 e. The monoisotopic (exact) mass is 398 g/mol. The van der Waals surface area contributed by atoms with Gasteiger partial charge in [0, 0.05) is 13.1 Å². The minimum absolute atomic E-state index is 0.0842. The summed E-state index contributed by atoms with van der Waals surface area (Å²) < 4.78 is 4.57. The molecular formula is C22H30N4O3. The lowest BCUT2D eigenvalue weighted by Crippen LogP contribution is -2.42. The van der Waals surface area contributed by atoms with Crippen LogP contribution in [0.25, 0.3) is 11.2 Å². The van der Waals surface area contributed by atoms with E-state index in [1.807, 2.05) is 22.8 Å². The second kappa shape index (κ2) is 9.22. The van der Waals surface area contributed by atoms with E-state index >= 15 is 0 Å². The molecule has 29 heavy (non-hydrogen) atoms. The van der Waals surface area contributed by atoms with Crippen LogP contribution in [0.2, 0.25) is 0 Å². The van der Waals surface area contributed by atoms with Gasteiger partial charge in [0.15, 0.2) is 11.2 Å². The Labute approximate surface area is 170 Å². The van der Waals surface area contributed by atoms with E-state index in [9.17, 15) is 14.7 Å². The van der Waals surface area contributed by atoms with Gasteiger partial charge < -0.3 is 9.67 Å². The van der Waals surface area contributed by atoms with Crippen LogP contribution in [0.3, 0.4) is 0 Å². The first-order chi connectivity index (χ1) is 13.9. The Morgan fingerprint density at radius 2 is 1.79 bits per heavy atom. The highest BCUT2D eigenvalue weighted by Crippen LogP contribution is 2.15. The average molecular weight is 399 g/mol. The van der Waals surface area contributed by atoms with Crippen molar-refractivity contribution < 1.29 is 5.11 Å². The molecule has 0 unspecified atom stereocenters. The Kier molecular flexibility index (Phi) is 6.69. The van der Waals surface area contributed by atoms with Crippen molar-refractivity contribution in [1.29, 1.82) is 0 Å². The summed E-state index contributed by atoms with van der Waals surface area (Å²) in [6.07, 6.45) is 3.35. The molecule has 0 spiro atoms. The molecule has 0 amide bonds. The first kappa shape index (κ1) is 21.0. The lowest BCUT2D eigenvalue weighted by Gasteiger charge is -2.16. The number of aryl methyl sites for hydroxylation is 2. The van der Waals surface area contributed by atoms with Crippen LogP contribution in [-0.4, -0.2) is 23.8 Å². The lowest BCUT2D eigenvalue weighted by molar-refractivity contribution is 0.152. The highest BCUT2D eigenvalue weighted by molar-refractivity contribution is 5.70. The van der Waals surface area contributed by atoms with E-state index in [-0.39, 0.29) is 6.54 Å². The van der Waals surface area contributed by atoms with E-state index in [1.54, 1.807) is 23.0 Å². The fraction of sp³-hybridized carbons (Fsp3) is 0.500. The van der Waals surface area contributed by atoms with Crippen molar-refractivity contribution in [3.8, 4) is 0 Å². The highest BCUT2D eigenvalue weighted by Gasteiger charge is 2.20. The fourth-order valence-electron chi connectivity index (χ4n) is 3.44. The maximum atomic E-state index is 13.2. The number of rotatable bonds is 9. The standard InChI is InChI=1S/C22H30N4O3/c1-4-5-12-25-20-19(24(15-23-20)13-11-16(2)3)21(28)26(22(25)29)14-18(27)17-9-7-6-8-10-17/h6-10,15-16,18,27H,4-5,11-14H2,1-3H3/t18-/m1/s1. The van der Waals surface area contributed by atoms with Gasteiger partial charge >= 0.3 is 5.69 Å². The number of unbranched alkanes of at least 4 members (excludes halogenated alkanes) is 1. The molecule has 2 aromatic heterocycles. The molecule has 0 saturated heterocycles. The van der Waals surface area contributed by atoms with Crippen LogP contribution in [0, 0.1) is 5.92 Å². The molecule has 1 aromatic carbocycles. The predicted molar refractivity (Wildman–Crippen MR) is 114 cm³/mol. The van der Waals surface area contributed by atoms with Crippen molar-refractivity contribution in [2.45, 2.75) is 65.8 Å². The highest BCUT2D eigenvalue weighted by atomic mass is 16.3. The third kappa shape index (κ3) is 4.50. The topological polar surface area (TPSA) is 82.0 Å². The Bertz CT molecular complexity index is 1060. The van der Waals surface area contributed by atoms with Gasteiger partial charge in [-0.15, -0.1) is 0 Å². The van der Waals surface area contributed by atoms with Gasteiger partial charge in [0.1, 0.15) is 0 Å². The van der Waals surface area contributed by atoms with Gasteiger partial charge in [-0.3, -0.25) is 13.9 Å². The van der Waals surface area contributed by atoms with Crippen LogP contribution in [0.5, 0.6) is 0 Å². The van der Waals surface area contributed by atoms with Gasteiger partial charge in [-0.25, -0.2) is 9.78 Å². The van der Waals surface area contributed by atoms with Crippen molar-refractivity contribution in [2.24, 2.45) is 5.92 Å². The van der Waals surface area contributed by atoms with Crippen LogP contribution in [0.1, 0.15) is 51.7 Å². The molecule has 0 aliphatic rings. The Morgan fingerprint density at radius 1 is 1.07 bits per heavy atom. The zero-order chi connectivity index (χ0) is 21.0. The molecule has 7 nitrogen and oxygen atoms in total. The molecule has 156 valence electrons. The normalized spacial score (nSPS) is 12.7. The van der Waals surface area contributed by atoms with Gasteiger partial charge in [-0.2, -0.15) is 0 Å². The minimum atomic E-state index is -0.939. The second-order valence-corrected chi connectivity index (χ2v) is 7.92.